The number of likely N-dealkylation sites (tertiary alicyclic amines) is 1. The van der Waals surface area contributed by atoms with Crippen molar-refractivity contribution in [2.45, 2.75) is 12.5 Å². The number of carbonyl (C=O) groups is 1. The number of aliphatic hydroxyl groups is 1. The summed E-state index contributed by atoms with van der Waals surface area (Å²) in [6.07, 6.45) is 0.0313. The summed E-state index contributed by atoms with van der Waals surface area (Å²) in [5, 5.41) is 26.5. The van der Waals surface area contributed by atoms with Gasteiger partial charge in [0, 0.05) is 18.8 Å². The van der Waals surface area contributed by atoms with E-state index >= 15 is 0 Å². The first kappa shape index (κ1) is 18.2. The van der Waals surface area contributed by atoms with Gasteiger partial charge in [0.2, 0.25) is 0 Å². The zero-order valence-corrected chi connectivity index (χ0v) is 15.7. The number of anilines is 4. The Hall–Kier alpha value is -3.17. The smallest absolute Gasteiger partial charge is 0.257 e. The monoisotopic (exact) mass is 397 g/mol. The maximum absolute atomic E-state index is 12.7. The molecule has 0 aliphatic carbocycles. The van der Waals surface area contributed by atoms with E-state index in [1.165, 1.54) is 4.90 Å². The van der Waals surface area contributed by atoms with E-state index in [1.54, 1.807) is 18.2 Å². The fourth-order valence-corrected chi connectivity index (χ4v) is 3.52. The Kier molecular flexibility index (Phi) is 5.09. The lowest BCUT2D eigenvalue weighted by molar-refractivity contribution is 0.0762. The van der Waals surface area contributed by atoms with Crippen LogP contribution in [0.5, 0.6) is 5.75 Å². The normalized spacial score (nSPS) is 16.2. The van der Waals surface area contributed by atoms with Crippen LogP contribution in [0.25, 0.3) is 0 Å². The van der Waals surface area contributed by atoms with Gasteiger partial charge >= 0.3 is 0 Å². The molecule has 144 valence electrons. The number of carbonyl (C=O) groups excluding carboxylic acids is 1. The summed E-state index contributed by atoms with van der Waals surface area (Å²) in [5.74, 6) is 0.504. The van der Waals surface area contributed by atoms with Crippen LogP contribution >= 0.6 is 11.7 Å². The van der Waals surface area contributed by atoms with Crippen LogP contribution in [0.1, 0.15) is 16.8 Å². The van der Waals surface area contributed by atoms with Crippen molar-refractivity contribution in [1.29, 1.82) is 0 Å². The number of aliphatic hydroxyl groups excluding tert-OH is 1. The van der Waals surface area contributed by atoms with Crippen LogP contribution in [-0.4, -0.2) is 49.0 Å². The highest BCUT2D eigenvalue weighted by molar-refractivity contribution is 6.99. The van der Waals surface area contributed by atoms with Gasteiger partial charge in [-0.05, 0) is 30.7 Å². The number of hydrogen-bond acceptors (Lipinski definition) is 8. The second-order valence-electron chi connectivity index (χ2n) is 6.47. The van der Waals surface area contributed by atoms with E-state index < -0.39 is 6.10 Å². The Morgan fingerprint density at radius 1 is 1.07 bits per heavy atom. The van der Waals surface area contributed by atoms with Crippen molar-refractivity contribution >= 4 is 40.6 Å². The van der Waals surface area contributed by atoms with E-state index in [2.05, 4.69) is 19.4 Å². The first-order valence-electron chi connectivity index (χ1n) is 8.83. The number of nitrogens with one attached hydrogen (secondary N) is 2. The SMILES string of the molecule is O=C(c1cccc(Nc2nsnc2Nc2ccccc2)c1O)N1CC[C@@H](O)C1. The zero-order chi connectivity index (χ0) is 19.5. The largest absolute Gasteiger partial charge is 0.505 e. The molecule has 1 fully saturated rings. The van der Waals surface area contributed by atoms with Crippen molar-refractivity contribution in [1.82, 2.24) is 13.6 Å². The van der Waals surface area contributed by atoms with E-state index in [1.807, 2.05) is 30.3 Å². The molecule has 1 saturated heterocycles. The van der Waals surface area contributed by atoms with Gasteiger partial charge in [-0.3, -0.25) is 4.79 Å². The molecule has 8 nitrogen and oxygen atoms in total. The molecule has 0 spiro atoms. The number of aromatic hydroxyl groups is 1. The minimum atomic E-state index is -0.514. The van der Waals surface area contributed by atoms with Crippen molar-refractivity contribution in [2.75, 3.05) is 23.7 Å². The molecule has 4 N–H and O–H groups in total. The molecule has 4 rings (SSSR count). The summed E-state index contributed by atoms with van der Waals surface area (Å²) in [6, 6.07) is 14.5. The average Bonchev–Trinajstić information content (AvgIpc) is 3.33. The van der Waals surface area contributed by atoms with Crippen LogP contribution in [0, 0.1) is 0 Å². The van der Waals surface area contributed by atoms with Crippen molar-refractivity contribution in [3.05, 3.63) is 54.1 Å². The van der Waals surface area contributed by atoms with Crippen molar-refractivity contribution < 1.29 is 15.0 Å². The van der Waals surface area contributed by atoms with Gasteiger partial charge in [-0.25, -0.2) is 0 Å². The molecule has 1 amide bonds. The third kappa shape index (κ3) is 3.75. The summed E-state index contributed by atoms with van der Waals surface area (Å²) in [4.78, 5) is 14.2. The standard InChI is InChI=1S/C19H19N5O3S/c25-13-9-10-24(11-13)19(27)14-7-4-8-15(16(14)26)21-18-17(22-28-23-18)20-12-5-2-1-3-6-12/h1-8,13,25-26H,9-11H2,(H,20,22)(H,21,23)/t13-/m1/s1. The molecule has 9 heteroatoms. The van der Waals surface area contributed by atoms with Crippen LogP contribution in [-0.2, 0) is 0 Å². The molecular formula is C19H19N5O3S. The lowest BCUT2D eigenvalue weighted by Crippen LogP contribution is -2.29. The summed E-state index contributed by atoms with van der Waals surface area (Å²) < 4.78 is 8.47. The van der Waals surface area contributed by atoms with Gasteiger partial charge in [0.1, 0.15) is 0 Å². The van der Waals surface area contributed by atoms with Gasteiger partial charge in [0.05, 0.1) is 29.1 Å². The van der Waals surface area contributed by atoms with Crippen LogP contribution < -0.4 is 10.6 Å². The van der Waals surface area contributed by atoms with E-state index in [0.717, 1.165) is 17.4 Å². The van der Waals surface area contributed by atoms with Crippen LogP contribution in [0.3, 0.4) is 0 Å². The Balaban J connectivity index is 1.55. The molecule has 0 saturated carbocycles. The fourth-order valence-electron chi connectivity index (χ4n) is 3.05. The van der Waals surface area contributed by atoms with Gasteiger partial charge in [0.15, 0.2) is 17.4 Å². The van der Waals surface area contributed by atoms with Gasteiger partial charge in [-0.1, -0.05) is 24.3 Å². The summed E-state index contributed by atoms with van der Waals surface area (Å²) in [5.41, 5.74) is 1.40. The van der Waals surface area contributed by atoms with E-state index in [0.29, 0.717) is 30.3 Å². The number of nitrogens with zero attached hydrogens (tertiary/aromatic N) is 3. The molecule has 0 radical (unpaired) electrons. The van der Waals surface area contributed by atoms with Crippen molar-refractivity contribution in [2.24, 2.45) is 0 Å². The highest BCUT2D eigenvalue weighted by atomic mass is 32.1. The summed E-state index contributed by atoms with van der Waals surface area (Å²) in [6.45, 7) is 0.745. The number of amides is 1. The number of aromatic nitrogens is 2. The Morgan fingerprint density at radius 3 is 2.54 bits per heavy atom. The average molecular weight is 397 g/mol. The first-order chi connectivity index (χ1) is 13.6. The molecule has 2 heterocycles. The third-order valence-corrected chi connectivity index (χ3v) is 5.02. The quantitative estimate of drug-likeness (QED) is 0.490. The van der Waals surface area contributed by atoms with E-state index in [4.69, 9.17) is 0 Å². The van der Waals surface area contributed by atoms with E-state index in [-0.39, 0.29) is 23.8 Å². The predicted octanol–water partition coefficient (Wildman–Crippen LogP) is 2.94. The molecule has 1 atom stereocenters. The molecular weight excluding hydrogens is 378 g/mol. The minimum absolute atomic E-state index is 0.160. The number of β-amino-alcohol motifs (C(OH)–C–C–N with tert-alkyl or cyclic N) is 1. The van der Waals surface area contributed by atoms with Gasteiger partial charge in [-0.15, -0.1) is 0 Å². The zero-order valence-electron chi connectivity index (χ0n) is 14.9. The molecule has 1 aliphatic heterocycles. The highest BCUT2D eigenvalue weighted by Crippen LogP contribution is 2.34. The number of rotatable bonds is 5. The Labute approximate surface area is 165 Å². The second kappa shape index (κ2) is 7.83. The Bertz CT molecular complexity index is 979. The lowest BCUT2D eigenvalue weighted by atomic mass is 10.1. The maximum atomic E-state index is 12.7. The fraction of sp³-hybridized carbons (Fsp3) is 0.211. The summed E-state index contributed by atoms with van der Waals surface area (Å²) >= 11 is 1.03. The second-order valence-corrected chi connectivity index (χ2v) is 7.00. The molecule has 0 bridgehead atoms. The third-order valence-electron chi connectivity index (χ3n) is 4.50. The van der Waals surface area contributed by atoms with Gasteiger partial charge in [-0.2, -0.15) is 8.75 Å². The number of phenolic OH excluding ortho intramolecular Hbond substituents is 1. The number of hydrogen-bond donors (Lipinski definition) is 4. The molecule has 2 aromatic carbocycles. The topological polar surface area (TPSA) is 111 Å². The van der Waals surface area contributed by atoms with Gasteiger partial charge in [0.25, 0.3) is 5.91 Å². The number of benzene rings is 2. The lowest BCUT2D eigenvalue weighted by Gasteiger charge is -2.17. The van der Waals surface area contributed by atoms with Crippen LogP contribution in [0.4, 0.5) is 23.0 Å². The predicted molar refractivity (Wildman–Crippen MR) is 108 cm³/mol. The Morgan fingerprint density at radius 2 is 1.82 bits per heavy atom. The number of phenols is 1. The van der Waals surface area contributed by atoms with Crippen molar-refractivity contribution in [3.8, 4) is 5.75 Å². The molecule has 0 unspecified atom stereocenters. The van der Waals surface area contributed by atoms with Crippen molar-refractivity contribution in [3.63, 3.8) is 0 Å². The summed E-state index contributed by atoms with van der Waals surface area (Å²) in [7, 11) is 0. The highest BCUT2D eigenvalue weighted by Gasteiger charge is 2.27. The maximum Gasteiger partial charge on any atom is 0.257 e. The molecule has 1 aliphatic rings. The molecule has 3 aromatic rings. The minimum Gasteiger partial charge on any atom is -0.505 e. The van der Waals surface area contributed by atoms with Crippen LogP contribution in [0.2, 0.25) is 0 Å². The van der Waals surface area contributed by atoms with Gasteiger partial charge < -0.3 is 25.7 Å². The molecule has 1 aromatic heterocycles. The van der Waals surface area contributed by atoms with E-state index in [9.17, 15) is 15.0 Å². The molecule has 28 heavy (non-hydrogen) atoms. The van der Waals surface area contributed by atoms with Crippen LogP contribution in [0.15, 0.2) is 48.5 Å². The number of para-hydroxylation sites is 2. The first-order valence-corrected chi connectivity index (χ1v) is 9.56.